The molecule has 0 unspecified atom stereocenters. The van der Waals surface area contributed by atoms with Crippen molar-refractivity contribution in [3.05, 3.63) is 60.3 Å². The minimum Gasteiger partial charge on any atom is -0.466 e. The van der Waals surface area contributed by atoms with E-state index in [2.05, 4.69) is 4.98 Å². The molecule has 1 atom stereocenters. The van der Waals surface area contributed by atoms with Crippen molar-refractivity contribution < 1.29 is 17.9 Å². The number of para-hydroxylation sites is 1. The average Bonchev–Trinajstić information content (AvgIpc) is 2.79. The van der Waals surface area contributed by atoms with Gasteiger partial charge in [0.1, 0.15) is 4.90 Å². The van der Waals surface area contributed by atoms with Gasteiger partial charge in [-0.15, -0.1) is 0 Å². The number of benzene rings is 2. The van der Waals surface area contributed by atoms with Gasteiger partial charge in [-0.25, -0.2) is 8.42 Å². The molecule has 4 rings (SSSR count). The minimum absolute atomic E-state index is 0.166. The molecular weight excluding hydrogens is 412 g/mol. The van der Waals surface area contributed by atoms with Crippen molar-refractivity contribution >= 4 is 32.4 Å². The van der Waals surface area contributed by atoms with Gasteiger partial charge in [-0.2, -0.15) is 0 Å². The zero-order valence-electron chi connectivity index (χ0n) is 17.7. The molecule has 1 aliphatic rings. The Bertz CT molecular complexity index is 1210. The average molecular weight is 439 g/mol. The van der Waals surface area contributed by atoms with E-state index in [1.165, 1.54) is 6.20 Å². The molecule has 0 amide bonds. The van der Waals surface area contributed by atoms with Gasteiger partial charge in [0, 0.05) is 24.7 Å². The molecule has 31 heavy (non-hydrogen) atoms. The second kappa shape index (κ2) is 8.67. The highest BCUT2D eigenvalue weighted by Gasteiger charge is 2.32. The lowest BCUT2D eigenvalue weighted by Gasteiger charge is -2.35. The van der Waals surface area contributed by atoms with Crippen molar-refractivity contribution in [1.82, 2.24) is 4.98 Å². The largest absolute Gasteiger partial charge is 0.466 e. The maximum Gasteiger partial charge on any atom is 0.310 e. The topological polar surface area (TPSA) is 76.6 Å². The van der Waals surface area contributed by atoms with Gasteiger partial charge in [0.2, 0.25) is 9.84 Å². The molecule has 6 nitrogen and oxygen atoms in total. The normalized spacial score (nSPS) is 17.0. The van der Waals surface area contributed by atoms with Crippen LogP contribution in [0.15, 0.2) is 64.5 Å². The molecule has 0 aliphatic carbocycles. The molecule has 0 N–H and O–H groups in total. The van der Waals surface area contributed by atoms with E-state index in [-0.39, 0.29) is 21.7 Å². The highest BCUT2D eigenvalue weighted by atomic mass is 32.2. The van der Waals surface area contributed by atoms with Crippen LogP contribution in [0.25, 0.3) is 10.9 Å². The van der Waals surface area contributed by atoms with E-state index in [1.54, 1.807) is 31.2 Å². The lowest BCUT2D eigenvalue weighted by atomic mass is 9.97. The molecule has 0 spiro atoms. The summed E-state index contributed by atoms with van der Waals surface area (Å²) in [6, 6.07) is 14.3. The Labute approximate surface area is 182 Å². The number of piperidine rings is 1. The Morgan fingerprint density at radius 3 is 2.65 bits per heavy atom. The number of sulfone groups is 1. The van der Waals surface area contributed by atoms with Crippen LogP contribution < -0.4 is 4.90 Å². The number of hydrogen-bond acceptors (Lipinski definition) is 6. The van der Waals surface area contributed by atoms with Gasteiger partial charge in [-0.3, -0.25) is 9.78 Å². The van der Waals surface area contributed by atoms with Crippen LogP contribution in [0.1, 0.15) is 25.3 Å². The first-order valence-electron chi connectivity index (χ1n) is 10.5. The third-order valence-electron chi connectivity index (χ3n) is 5.69. The highest BCUT2D eigenvalue weighted by Crippen LogP contribution is 2.37. The van der Waals surface area contributed by atoms with E-state index >= 15 is 0 Å². The molecule has 1 saturated heterocycles. The first-order valence-corrected chi connectivity index (χ1v) is 12.0. The fraction of sp³-hybridized carbons (Fsp3) is 0.333. The SMILES string of the molecule is CCOC(=O)[C@H]1CCCN(c2c(S(=O)(=O)c3ccc(C)cc3)cnc3ccccc23)C1. The molecule has 3 aromatic rings. The fourth-order valence-electron chi connectivity index (χ4n) is 4.11. The number of carbonyl (C=O) groups excluding carboxylic acids is 1. The standard InChI is InChI=1S/C24H26N2O4S/c1-3-30-24(27)18-7-6-14-26(16-18)23-20-8-4-5-9-21(20)25-15-22(23)31(28,29)19-12-10-17(2)11-13-19/h4-5,8-13,15,18H,3,6-7,14,16H2,1-2H3/t18-/m0/s1. The molecule has 0 bridgehead atoms. The van der Waals surface area contributed by atoms with Crippen molar-refractivity contribution in [3.8, 4) is 0 Å². The van der Waals surface area contributed by atoms with Crippen LogP contribution in [0.2, 0.25) is 0 Å². The summed E-state index contributed by atoms with van der Waals surface area (Å²) in [5.41, 5.74) is 2.32. The summed E-state index contributed by atoms with van der Waals surface area (Å²) >= 11 is 0. The Morgan fingerprint density at radius 2 is 1.90 bits per heavy atom. The molecule has 1 aromatic heterocycles. The Balaban J connectivity index is 1.85. The summed E-state index contributed by atoms with van der Waals surface area (Å²) in [6.45, 7) is 5.13. The monoisotopic (exact) mass is 438 g/mol. The van der Waals surface area contributed by atoms with E-state index in [1.807, 2.05) is 36.1 Å². The summed E-state index contributed by atoms with van der Waals surface area (Å²) in [7, 11) is -3.80. The van der Waals surface area contributed by atoms with E-state index in [0.29, 0.717) is 25.4 Å². The van der Waals surface area contributed by atoms with Crippen LogP contribution in [-0.2, 0) is 19.4 Å². The Morgan fingerprint density at radius 1 is 1.16 bits per heavy atom. The Hall–Kier alpha value is -2.93. The molecule has 0 saturated carbocycles. The first kappa shape index (κ1) is 21.3. The van der Waals surface area contributed by atoms with Gasteiger partial charge < -0.3 is 9.64 Å². The van der Waals surface area contributed by atoms with Crippen molar-refractivity contribution in [2.75, 3.05) is 24.6 Å². The Kier molecular flexibility index (Phi) is 5.96. The lowest BCUT2D eigenvalue weighted by molar-refractivity contribution is -0.148. The molecule has 162 valence electrons. The third kappa shape index (κ3) is 4.14. The number of ether oxygens (including phenoxy) is 1. The number of anilines is 1. The number of nitrogens with zero attached hydrogens (tertiary/aromatic N) is 2. The predicted molar refractivity (Wildman–Crippen MR) is 120 cm³/mol. The van der Waals surface area contributed by atoms with Crippen LogP contribution >= 0.6 is 0 Å². The van der Waals surface area contributed by atoms with Crippen LogP contribution in [0.4, 0.5) is 5.69 Å². The summed E-state index contributed by atoms with van der Waals surface area (Å²) in [4.78, 5) is 19.2. The van der Waals surface area contributed by atoms with Crippen molar-refractivity contribution in [2.24, 2.45) is 5.92 Å². The predicted octanol–water partition coefficient (Wildman–Crippen LogP) is 4.16. The second-order valence-electron chi connectivity index (χ2n) is 7.84. The summed E-state index contributed by atoms with van der Waals surface area (Å²) in [5.74, 6) is -0.510. The fourth-order valence-corrected chi connectivity index (χ4v) is 5.54. The van der Waals surface area contributed by atoms with E-state index in [4.69, 9.17) is 4.74 Å². The maximum absolute atomic E-state index is 13.6. The van der Waals surface area contributed by atoms with E-state index in [9.17, 15) is 13.2 Å². The van der Waals surface area contributed by atoms with Crippen LogP contribution in [-0.4, -0.2) is 39.1 Å². The summed E-state index contributed by atoms with van der Waals surface area (Å²) < 4.78 is 32.5. The number of carbonyl (C=O) groups is 1. The van der Waals surface area contributed by atoms with Gasteiger partial charge in [0.05, 0.1) is 28.6 Å². The number of hydrogen-bond donors (Lipinski definition) is 0. The summed E-state index contributed by atoms with van der Waals surface area (Å²) in [6.07, 6.45) is 2.96. The molecule has 1 fully saturated rings. The van der Waals surface area contributed by atoms with Crippen molar-refractivity contribution in [1.29, 1.82) is 0 Å². The molecule has 2 heterocycles. The quantitative estimate of drug-likeness (QED) is 0.557. The van der Waals surface area contributed by atoms with Gasteiger partial charge in [-0.05, 0) is 44.9 Å². The number of aromatic nitrogens is 1. The molecule has 0 radical (unpaired) electrons. The van der Waals surface area contributed by atoms with Crippen LogP contribution in [0.3, 0.4) is 0 Å². The molecular formula is C24H26N2O4S. The number of pyridine rings is 1. The van der Waals surface area contributed by atoms with Gasteiger partial charge in [0.15, 0.2) is 0 Å². The third-order valence-corrected chi connectivity index (χ3v) is 7.46. The van der Waals surface area contributed by atoms with Gasteiger partial charge >= 0.3 is 5.97 Å². The van der Waals surface area contributed by atoms with Gasteiger partial charge in [0.25, 0.3) is 0 Å². The first-order chi connectivity index (χ1) is 14.9. The number of rotatable bonds is 5. The minimum atomic E-state index is -3.80. The van der Waals surface area contributed by atoms with Crippen LogP contribution in [0.5, 0.6) is 0 Å². The van der Waals surface area contributed by atoms with E-state index in [0.717, 1.165) is 29.3 Å². The zero-order valence-corrected chi connectivity index (χ0v) is 18.6. The molecule has 2 aromatic carbocycles. The number of fused-ring (bicyclic) bond motifs is 1. The highest BCUT2D eigenvalue weighted by molar-refractivity contribution is 7.91. The second-order valence-corrected chi connectivity index (χ2v) is 9.76. The molecule has 7 heteroatoms. The smallest absolute Gasteiger partial charge is 0.310 e. The lowest BCUT2D eigenvalue weighted by Crippen LogP contribution is -2.40. The molecule has 1 aliphatic heterocycles. The maximum atomic E-state index is 13.6. The van der Waals surface area contributed by atoms with Crippen molar-refractivity contribution in [3.63, 3.8) is 0 Å². The number of esters is 1. The summed E-state index contributed by atoms with van der Waals surface area (Å²) in [5, 5.41) is 0.764. The number of aryl methyl sites for hydroxylation is 1. The zero-order chi connectivity index (χ0) is 22.0. The van der Waals surface area contributed by atoms with Crippen molar-refractivity contribution in [2.45, 2.75) is 36.5 Å². The van der Waals surface area contributed by atoms with E-state index < -0.39 is 9.84 Å². The van der Waals surface area contributed by atoms with Gasteiger partial charge in [-0.1, -0.05) is 35.9 Å². The van der Waals surface area contributed by atoms with Crippen LogP contribution in [0, 0.1) is 12.8 Å².